The predicted octanol–water partition coefficient (Wildman–Crippen LogP) is 1.71. The summed E-state index contributed by atoms with van der Waals surface area (Å²) in [5, 5.41) is 20.6. The van der Waals surface area contributed by atoms with Crippen LogP contribution in [0, 0.1) is 5.21 Å². The average Bonchev–Trinajstić information content (AvgIpc) is 3.19. The van der Waals surface area contributed by atoms with Gasteiger partial charge in [-0.1, -0.05) is 0 Å². The second-order valence-electron chi connectivity index (χ2n) is 8.88. The number of hydroxylamine groups is 3. The average molecular weight is 425 g/mol. The molecule has 0 amide bonds. The van der Waals surface area contributed by atoms with E-state index in [1.54, 1.807) is 0 Å². The number of rotatable bonds is 5. The summed E-state index contributed by atoms with van der Waals surface area (Å²) in [7, 11) is 0. The summed E-state index contributed by atoms with van der Waals surface area (Å²) in [4.78, 5) is 18.5. The maximum atomic E-state index is 14.0. The first kappa shape index (κ1) is 20.4. The van der Waals surface area contributed by atoms with Crippen LogP contribution in [-0.4, -0.2) is 71.5 Å². The van der Waals surface area contributed by atoms with Crippen molar-refractivity contribution in [3.8, 4) is 0 Å². The number of anilines is 3. The van der Waals surface area contributed by atoms with Crippen molar-refractivity contribution in [3.05, 3.63) is 40.9 Å². The van der Waals surface area contributed by atoms with Gasteiger partial charge in [0.25, 0.3) is 0 Å². The highest BCUT2D eigenvalue weighted by molar-refractivity contribution is 5.51. The van der Waals surface area contributed by atoms with Gasteiger partial charge in [-0.2, -0.15) is 4.98 Å². The molecule has 166 valence electrons. The molecule has 0 saturated carbocycles. The van der Waals surface area contributed by atoms with E-state index in [0.29, 0.717) is 25.6 Å². The molecule has 0 aliphatic carbocycles. The zero-order valence-corrected chi connectivity index (χ0v) is 18.3. The van der Waals surface area contributed by atoms with E-state index >= 15 is 0 Å². The fraction of sp³-hybridized carbons (Fsp3) is 0.591. The molecule has 0 aromatic carbocycles. The molecule has 2 N–H and O–H groups in total. The molecule has 0 bridgehead atoms. The molecule has 2 aromatic heterocycles. The zero-order chi connectivity index (χ0) is 21.3. The van der Waals surface area contributed by atoms with Crippen LogP contribution in [-0.2, 0) is 13.1 Å². The summed E-state index contributed by atoms with van der Waals surface area (Å²) in [6, 6.07) is 4.37. The minimum absolute atomic E-state index is 0.233. The fourth-order valence-electron chi connectivity index (χ4n) is 5.11. The number of piperazine rings is 1. The van der Waals surface area contributed by atoms with Gasteiger partial charge in [-0.15, -0.1) is 0 Å². The largest absolute Gasteiger partial charge is 0.632 e. The first-order valence-electron chi connectivity index (χ1n) is 11.5. The Hall–Kier alpha value is -2.49. The monoisotopic (exact) mass is 424 g/mol. The number of hydrogen-bond acceptors (Lipinski definition) is 8. The van der Waals surface area contributed by atoms with E-state index in [9.17, 15) is 5.21 Å². The van der Waals surface area contributed by atoms with Crippen LogP contribution >= 0.6 is 0 Å². The number of nitrogens with zero attached hydrogens (tertiary/aromatic N) is 6. The molecule has 9 heteroatoms. The van der Waals surface area contributed by atoms with E-state index < -0.39 is 0 Å². The van der Waals surface area contributed by atoms with E-state index in [2.05, 4.69) is 42.5 Å². The predicted molar refractivity (Wildman–Crippen MR) is 122 cm³/mol. The quantitative estimate of drug-likeness (QED) is 0.554. The molecule has 31 heavy (non-hydrogen) atoms. The van der Waals surface area contributed by atoms with Gasteiger partial charge in [0.05, 0.1) is 18.2 Å². The third-order valence-electron chi connectivity index (χ3n) is 6.55. The number of nitrogens with one attached hydrogen (secondary N) is 2. The van der Waals surface area contributed by atoms with Crippen molar-refractivity contribution < 1.29 is 4.65 Å². The Bertz CT molecular complexity index is 901. The number of hydrogen-bond donors (Lipinski definition) is 2. The fourth-order valence-corrected chi connectivity index (χ4v) is 5.11. The molecular weight excluding hydrogens is 392 g/mol. The highest BCUT2D eigenvalue weighted by Gasteiger charge is 2.38. The topological polar surface area (TPSA) is 92.3 Å². The lowest BCUT2D eigenvalue weighted by Crippen LogP contribution is -2.47. The van der Waals surface area contributed by atoms with E-state index in [0.717, 1.165) is 74.9 Å². The molecule has 0 radical (unpaired) electrons. The van der Waals surface area contributed by atoms with Crippen molar-refractivity contribution in [2.24, 2.45) is 0 Å². The van der Waals surface area contributed by atoms with Gasteiger partial charge in [-0.05, 0) is 31.9 Å². The Morgan fingerprint density at radius 2 is 2.06 bits per heavy atom. The third kappa shape index (κ3) is 4.30. The number of pyridine rings is 1. The van der Waals surface area contributed by atoms with Gasteiger partial charge in [0.2, 0.25) is 5.95 Å². The Balaban J connectivity index is 1.37. The van der Waals surface area contributed by atoms with E-state index in [4.69, 9.17) is 4.98 Å². The molecule has 3 aliphatic heterocycles. The SMILES string of the molecule is CCNc1ncc2c(n1)N1CCC[C@H]1C[N+]([O-])(Cc1ccc(N3CCNCC3)nc1)C2. The van der Waals surface area contributed by atoms with Gasteiger partial charge in [-0.25, -0.2) is 9.97 Å². The van der Waals surface area contributed by atoms with Crippen LogP contribution in [0.2, 0.25) is 0 Å². The Morgan fingerprint density at radius 3 is 2.84 bits per heavy atom. The zero-order valence-electron chi connectivity index (χ0n) is 18.3. The standard InChI is InChI=1S/C22H32N8O/c1-2-24-22-26-13-18-15-30(31,16-19-4-3-9-29(19)21(18)27-22)14-17-5-6-20(25-12-17)28-10-7-23-8-11-28/h5-6,12-13,19,23H,2-4,7-11,14-16H2,1H3,(H,24,26,27)/t19-,30?/m0/s1. The van der Waals surface area contributed by atoms with Crippen molar-refractivity contribution in [3.63, 3.8) is 0 Å². The molecule has 3 aliphatic rings. The Morgan fingerprint density at radius 1 is 1.19 bits per heavy atom. The van der Waals surface area contributed by atoms with E-state index in [1.165, 1.54) is 0 Å². The van der Waals surface area contributed by atoms with E-state index in [-0.39, 0.29) is 10.7 Å². The molecule has 2 saturated heterocycles. The normalized spacial score (nSPS) is 25.7. The lowest BCUT2D eigenvalue weighted by atomic mass is 10.1. The maximum Gasteiger partial charge on any atom is 0.224 e. The third-order valence-corrected chi connectivity index (χ3v) is 6.55. The van der Waals surface area contributed by atoms with Gasteiger partial charge in [-0.3, -0.25) is 0 Å². The van der Waals surface area contributed by atoms with Gasteiger partial charge < -0.3 is 30.3 Å². The molecule has 2 atom stereocenters. The first-order chi connectivity index (χ1) is 15.1. The van der Waals surface area contributed by atoms with Crippen LogP contribution in [0.1, 0.15) is 30.9 Å². The highest BCUT2D eigenvalue weighted by atomic mass is 16.5. The highest BCUT2D eigenvalue weighted by Crippen LogP contribution is 2.35. The second-order valence-corrected chi connectivity index (χ2v) is 8.88. The maximum absolute atomic E-state index is 14.0. The van der Waals surface area contributed by atoms with Crippen molar-refractivity contribution in [2.45, 2.75) is 38.9 Å². The summed E-state index contributed by atoms with van der Waals surface area (Å²) in [5.41, 5.74) is 1.94. The molecule has 2 aromatic rings. The van der Waals surface area contributed by atoms with Crippen LogP contribution in [0.4, 0.5) is 17.6 Å². The van der Waals surface area contributed by atoms with Gasteiger partial charge in [0, 0.05) is 57.2 Å². The summed E-state index contributed by atoms with van der Waals surface area (Å²) in [5.74, 6) is 2.58. The summed E-state index contributed by atoms with van der Waals surface area (Å²) < 4.78 is -0.285. The molecule has 2 fully saturated rings. The molecule has 5 rings (SSSR count). The first-order valence-corrected chi connectivity index (χ1v) is 11.5. The lowest BCUT2D eigenvalue weighted by Gasteiger charge is -2.43. The van der Waals surface area contributed by atoms with Crippen molar-refractivity contribution in [1.29, 1.82) is 0 Å². The van der Waals surface area contributed by atoms with E-state index in [1.807, 2.05) is 19.3 Å². The Kier molecular flexibility index (Phi) is 5.64. The van der Waals surface area contributed by atoms with Crippen LogP contribution in [0.3, 0.4) is 0 Å². The number of aromatic nitrogens is 3. The second kappa shape index (κ2) is 8.57. The lowest BCUT2D eigenvalue weighted by molar-refractivity contribution is -0.907. The molecule has 5 heterocycles. The molecule has 9 nitrogen and oxygen atoms in total. The number of fused-ring (bicyclic) bond motifs is 3. The molecule has 0 spiro atoms. The van der Waals surface area contributed by atoms with Crippen LogP contribution in [0.25, 0.3) is 0 Å². The van der Waals surface area contributed by atoms with Crippen molar-refractivity contribution in [2.75, 3.05) is 60.9 Å². The molecule has 1 unspecified atom stereocenters. The Labute approximate surface area is 183 Å². The summed E-state index contributed by atoms with van der Waals surface area (Å²) >= 11 is 0. The van der Waals surface area contributed by atoms with Crippen LogP contribution in [0.15, 0.2) is 24.5 Å². The van der Waals surface area contributed by atoms with Gasteiger partial charge in [0.1, 0.15) is 24.7 Å². The van der Waals surface area contributed by atoms with Crippen LogP contribution in [0.5, 0.6) is 0 Å². The minimum atomic E-state index is -0.285. The minimum Gasteiger partial charge on any atom is -0.632 e. The van der Waals surface area contributed by atoms with Gasteiger partial charge in [0.15, 0.2) is 0 Å². The number of quaternary nitrogens is 1. The van der Waals surface area contributed by atoms with Crippen molar-refractivity contribution >= 4 is 17.6 Å². The molecular formula is C22H32N8O. The summed E-state index contributed by atoms with van der Waals surface area (Å²) in [6.07, 6.45) is 5.88. The van der Waals surface area contributed by atoms with Crippen LogP contribution < -0.4 is 20.4 Å². The summed E-state index contributed by atoms with van der Waals surface area (Å²) in [6.45, 7) is 9.08. The smallest absolute Gasteiger partial charge is 0.224 e. The van der Waals surface area contributed by atoms with Gasteiger partial charge >= 0.3 is 0 Å². The van der Waals surface area contributed by atoms with Crippen molar-refractivity contribution in [1.82, 2.24) is 20.3 Å².